The van der Waals surface area contributed by atoms with E-state index in [9.17, 15) is 9.18 Å². The lowest BCUT2D eigenvalue weighted by molar-refractivity contribution is 0.211. The van der Waals surface area contributed by atoms with Crippen LogP contribution < -0.4 is 10.5 Å². The molecule has 0 saturated heterocycles. The Hall–Kier alpha value is -2.36. The summed E-state index contributed by atoms with van der Waals surface area (Å²) in [5, 5.41) is 0. The van der Waals surface area contributed by atoms with E-state index in [1.165, 1.54) is 18.2 Å². The number of hydrogen-bond donors (Lipinski definition) is 1. The van der Waals surface area contributed by atoms with Gasteiger partial charge in [0.25, 0.3) is 0 Å². The van der Waals surface area contributed by atoms with Crippen LogP contribution in [0.3, 0.4) is 0 Å². The summed E-state index contributed by atoms with van der Waals surface area (Å²) >= 11 is 0. The van der Waals surface area contributed by atoms with Gasteiger partial charge < -0.3 is 10.5 Å². The second-order valence-corrected chi connectivity index (χ2v) is 4.12. The van der Waals surface area contributed by atoms with Gasteiger partial charge in [-0.15, -0.1) is 0 Å². The molecule has 0 fully saturated rings. The molecule has 98 valence electrons. The Labute approximate surface area is 110 Å². The molecule has 2 N–H and O–H groups in total. The van der Waals surface area contributed by atoms with E-state index in [0.717, 1.165) is 17.5 Å². The van der Waals surface area contributed by atoms with Crippen molar-refractivity contribution >= 4 is 6.09 Å². The highest BCUT2D eigenvalue weighted by Gasteiger charge is 2.10. The molecule has 2 aromatic carbocycles. The maximum absolute atomic E-state index is 13.4. The monoisotopic (exact) mass is 259 g/mol. The molecule has 0 aliphatic heterocycles. The molecule has 0 bridgehead atoms. The third-order valence-corrected chi connectivity index (χ3v) is 2.80. The Morgan fingerprint density at radius 1 is 1.26 bits per heavy atom. The summed E-state index contributed by atoms with van der Waals surface area (Å²) in [6, 6.07) is 11.6. The van der Waals surface area contributed by atoms with Gasteiger partial charge in [-0.05, 0) is 35.7 Å². The van der Waals surface area contributed by atoms with Crippen molar-refractivity contribution in [2.75, 3.05) is 0 Å². The number of ether oxygens (including phenoxy) is 1. The van der Waals surface area contributed by atoms with Gasteiger partial charge in [0.05, 0.1) is 0 Å². The molecular formula is C15H14FNO2. The molecule has 0 heterocycles. The summed E-state index contributed by atoms with van der Waals surface area (Å²) in [7, 11) is 0. The topological polar surface area (TPSA) is 52.3 Å². The van der Waals surface area contributed by atoms with Crippen LogP contribution in [0.25, 0.3) is 11.1 Å². The predicted octanol–water partition coefficient (Wildman–Crippen LogP) is 3.51. The smallest absolute Gasteiger partial charge is 0.409 e. The Kier molecular flexibility index (Phi) is 3.80. The molecule has 2 rings (SSSR count). The largest absolute Gasteiger partial charge is 0.410 e. The number of halogens is 1. The predicted molar refractivity (Wildman–Crippen MR) is 71.4 cm³/mol. The lowest BCUT2D eigenvalue weighted by Crippen LogP contribution is -2.16. The number of primary amides is 1. The fraction of sp³-hybridized carbons (Fsp3) is 0.133. The van der Waals surface area contributed by atoms with Crippen LogP contribution in [0.2, 0.25) is 0 Å². The molecule has 0 aliphatic carbocycles. The zero-order valence-electron chi connectivity index (χ0n) is 10.5. The van der Waals surface area contributed by atoms with Crippen LogP contribution in [0, 0.1) is 5.82 Å². The number of nitrogens with two attached hydrogens (primary N) is 1. The van der Waals surface area contributed by atoms with Gasteiger partial charge in [0.15, 0.2) is 0 Å². The molecule has 3 nitrogen and oxygen atoms in total. The first kappa shape index (κ1) is 13.1. The molecule has 4 heteroatoms. The summed E-state index contributed by atoms with van der Waals surface area (Å²) in [5.74, 6) is -0.143. The molecule has 0 radical (unpaired) electrons. The number of amides is 1. The highest BCUT2D eigenvalue weighted by molar-refractivity contribution is 5.76. The maximum atomic E-state index is 13.4. The molecule has 2 aromatic rings. The third-order valence-electron chi connectivity index (χ3n) is 2.80. The number of hydrogen-bond acceptors (Lipinski definition) is 2. The molecule has 0 aliphatic rings. The van der Waals surface area contributed by atoms with Gasteiger partial charge in [-0.2, -0.15) is 0 Å². The quantitative estimate of drug-likeness (QED) is 0.917. The van der Waals surface area contributed by atoms with Gasteiger partial charge in [-0.25, -0.2) is 9.18 Å². The van der Waals surface area contributed by atoms with Crippen molar-refractivity contribution in [2.45, 2.75) is 13.3 Å². The molecular weight excluding hydrogens is 245 g/mol. The first-order valence-corrected chi connectivity index (χ1v) is 5.96. The fourth-order valence-corrected chi connectivity index (χ4v) is 1.88. The molecule has 0 unspecified atom stereocenters. The number of aryl methyl sites for hydroxylation is 1. The van der Waals surface area contributed by atoms with Crippen molar-refractivity contribution < 1.29 is 13.9 Å². The van der Waals surface area contributed by atoms with Crippen molar-refractivity contribution in [2.24, 2.45) is 5.73 Å². The lowest BCUT2D eigenvalue weighted by atomic mass is 10.0. The highest BCUT2D eigenvalue weighted by Crippen LogP contribution is 2.31. The summed E-state index contributed by atoms with van der Waals surface area (Å²) in [6.45, 7) is 2.03. The normalized spacial score (nSPS) is 10.2. The minimum absolute atomic E-state index is 0.252. The van der Waals surface area contributed by atoms with E-state index in [2.05, 4.69) is 0 Å². The molecule has 0 spiro atoms. The summed E-state index contributed by atoms with van der Waals surface area (Å²) in [4.78, 5) is 10.9. The van der Waals surface area contributed by atoms with Crippen LogP contribution in [0.4, 0.5) is 9.18 Å². The molecule has 19 heavy (non-hydrogen) atoms. The van der Waals surface area contributed by atoms with Gasteiger partial charge in [-0.3, -0.25) is 0 Å². The summed E-state index contributed by atoms with van der Waals surface area (Å²) < 4.78 is 18.3. The molecule has 0 atom stereocenters. The first-order valence-electron chi connectivity index (χ1n) is 5.96. The van der Waals surface area contributed by atoms with Crippen molar-refractivity contribution in [3.8, 4) is 16.9 Å². The van der Waals surface area contributed by atoms with Gasteiger partial charge >= 0.3 is 6.09 Å². The highest BCUT2D eigenvalue weighted by atomic mass is 19.1. The van der Waals surface area contributed by atoms with E-state index in [-0.39, 0.29) is 5.75 Å². The second kappa shape index (κ2) is 5.52. The van der Waals surface area contributed by atoms with Gasteiger partial charge in [0.2, 0.25) is 0 Å². The van der Waals surface area contributed by atoms with E-state index in [4.69, 9.17) is 10.5 Å². The van der Waals surface area contributed by atoms with Gasteiger partial charge in [0.1, 0.15) is 11.6 Å². The number of benzene rings is 2. The van der Waals surface area contributed by atoms with Crippen LogP contribution >= 0.6 is 0 Å². The minimum atomic E-state index is -0.917. The van der Waals surface area contributed by atoms with Crippen LogP contribution in [-0.2, 0) is 6.42 Å². The van der Waals surface area contributed by atoms with Gasteiger partial charge in [-0.1, -0.05) is 31.2 Å². The van der Waals surface area contributed by atoms with Crippen molar-refractivity contribution in [3.05, 3.63) is 53.8 Å². The second-order valence-electron chi connectivity index (χ2n) is 4.12. The maximum Gasteiger partial charge on any atom is 0.409 e. The van der Waals surface area contributed by atoms with E-state index >= 15 is 0 Å². The van der Waals surface area contributed by atoms with Crippen LogP contribution in [-0.4, -0.2) is 6.09 Å². The Bertz CT molecular complexity index is 611. The SMILES string of the molecule is CCc1cccc(-c2cc(F)ccc2OC(N)=O)c1. The molecule has 0 aromatic heterocycles. The Morgan fingerprint density at radius 3 is 2.74 bits per heavy atom. The Morgan fingerprint density at radius 2 is 2.05 bits per heavy atom. The summed E-state index contributed by atoms with van der Waals surface area (Å²) in [5.41, 5.74) is 7.42. The zero-order valence-corrected chi connectivity index (χ0v) is 10.5. The fourth-order valence-electron chi connectivity index (χ4n) is 1.88. The number of rotatable bonds is 3. The van der Waals surface area contributed by atoms with E-state index in [1.807, 2.05) is 31.2 Å². The van der Waals surface area contributed by atoms with Crippen LogP contribution in [0.5, 0.6) is 5.75 Å². The molecule has 0 saturated carbocycles. The van der Waals surface area contributed by atoms with E-state index < -0.39 is 11.9 Å². The molecule has 1 amide bonds. The van der Waals surface area contributed by atoms with E-state index in [1.54, 1.807) is 0 Å². The standard InChI is InChI=1S/C15H14FNO2/c1-2-10-4-3-5-11(8-10)13-9-12(16)6-7-14(13)19-15(17)18/h3-9H,2H2,1H3,(H2,17,18). The van der Waals surface area contributed by atoms with Crippen LogP contribution in [0.15, 0.2) is 42.5 Å². The minimum Gasteiger partial charge on any atom is -0.410 e. The first-order chi connectivity index (χ1) is 9.10. The van der Waals surface area contributed by atoms with Gasteiger partial charge in [0, 0.05) is 5.56 Å². The number of carbonyl (C=O) groups is 1. The summed E-state index contributed by atoms with van der Waals surface area (Å²) in [6.07, 6.45) is -0.0469. The van der Waals surface area contributed by atoms with E-state index in [0.29, 0.717) is 5.56 Å². The zero-order chi connectivity index (χ0) is 13.8. The van der Waals surface area contributed by atoms with Crippen molar-refractivity contribution in [3.63, 3.8) is 0 Å². The lowest BCUT2D eigenvalue weighted by Gasteiger charge is -2.10. The average Bonchev–Trinajstić information content (AvgIpc) is 2.40. The Balaban J connectivity index is 2.52. The number of carbonyl (C=O) groups excluding carboxylic acids is 1. The van der Waals surface area contributed by atoms with Crippen molar-refractivity contribution in [1.82, 2.24) is 0 Å². The van der Waals surface area contributed by atoms with Crippen molar-refractivity contribution in [1.29, 1.82) is 0 Å². The average molecular weight is 259 g/mol. The third kappa shape index (κ3) is 3.10. The van der Waals surface area contributed by atoms with Crippen LogP contribution in [0.1, 0.15) is 12.5 Å².